The number of esters is 1. The number of rotatable bonds is 6. The Morgan fingerprint density at radius 2 is 2.11 bits per heavy atom. The third kappa shape index (κ3) is 4.02. The van der Waals surface area contributed by atoms with E-state index in [1.54, 1.807) is 6.07 Å². The molecule has 0 radical (unpaired) electrons. The van der Waals surface area contributed by atoms with Crippen LogP contribution in [-0.4, -0.2) is 19.6 Å². The van der Waals surface area contributed by atoms with Crippen molar-refractivity contribution in [3.63, 3.8) is 0 Å². The van der Waals surface area contributed by atoms with E-state index in [-0.39, 0.29) is 5.97 Å². The average Bonchev–Trinajstić information content (AvgIpc) is 2.35. The zero-order valence-corrected chi connectivity index (χ0v) is 12.8. The molecule has 1 aromatic carbocycles. The van der Waals surface area contributed by atoms with Crippen molar-refractivity contribution in [2.24, 2.45) is 0 Å². The van der Waals surface area contributed by atoms with E-state index in [9.17, 15) is 4.79 Å². The Labute approximate surface area is 117 Å². The summed E-state index contributed by atoms with van der Waals surface area (Å²) in [7, 11) is 1.40. The Bertz CT molecular complexity index is 419. The number of hydrogen-bond acceptors (Lipinski definition) is 3. The molecule has 1 N–H and O–H groups in total. The van der Waals surface area contributed by atoms with Crippen molar-refractivity contribution in [1.29, 1.82) is 0 Å². The maximum atomic E-state index is 11.7. The standard InChI is InChI=1S/C14H20BrNO2/c1-4-5-6-7-16-13-10(2)8-11(15)9-12(13)14(17)18-3/h8-9,16H,4-7H2,1-3H3. The predicted octanol–water partition coefficient (Wildman–Crippen LogP) is 4.15. The summed E-state index contributed by atoms with van der Waals surface area (Å²) in [6, 6.07) is 3.79. The van der Waals surface area contributed by atoms with Crippen molar-refractivity contribution in [3.05, 3.63) is 27.7 Å². The van der Waals surface area contributed by atoms with Crippen molar-refractivity contribution in [2.75, 3.05) is 19.0 Å². The molecule has 0 fully saturated rings. The predicted molar refractivity (Wildman–Crippen MR) is 78.2 cm³/mol. The molecule has 0 aliphatic heterocycles. The average molecular weight is 314 g/mol. The number of ether oxygens (including phenoxy) is 1. The van der Waals surface area contributed by atoms with Crippen LogP contribution in [0.5, 0.6) is 0 Å². The molecule has 0 atom stereocenters. The molecule has 4 heteroatoms. The molecule has 18 heavy (non-hydrogen) atoms. The molecule has 100 valence electrons. The highest BCUT2D eigenvalue weighted by atomic mass is 79.9. The van der Waals surface area contributed by atoms with Gasteiger partial charge in [0.15, 0.2) is 0 Å². The van der Waals surface area contributed by atoms with Gasteiger partial charge >= 0.3 is 5.97 Å². The number of carbonyl (C=O) groups is 1. The smallest absolute Gasteiger partial charge is 0.340 e. The van der Waals surface area contributed by atoms with Gasteiger partial charge in [-0.05, 0) is 31.0 Å². The number of halogens is 1. The fourth-order valence-corrected chi connectivity index (χ4v) is 2.41. The molecule has 0 amide bonds. The van der Waals surface area contributed by atoms with Crippen LogP contribution >= 0.6 is 15.9 Å². The van der Waals surface area contributed by atoms with Crippen molar-refractivity contribution >= 4 is 27.6 Å². The third-order valence-corrected chi connectivity index (χ3v) is 3.25. The molecule has 3 nitrogen and oxygen atoms in total. The molecule has 0 unspecified atom stereocenters. The molecule has 0 saturated carbocycles. The van der Waals surface area contributed by atoms with Crippen molar-refractivity contribution < 1.29 is 9.53 Å². The summed E-state index contributed by atoms with van der Waals surface area (Å²) in [5.74, 6) is -0.308. The first kappa shape index (κ1) is 15.0. The first-order valence-corrected chi connectivity index (χ1v) is 7.01. The highest BCUT2D eigenvalue weighted by molar-refractivity contribution is 9.10. The molecule has 1 rings (SSSR count). The molecule has 0 heterocycles. The SMILES string of the molecule is CCCCCNc1c(C)cc(Br)cc1C(=O)OC. The summed E-state index contributed by atoms with van der Waals surface area (Å²) in [5, 5.41) is 3.34. The Kier molecular flexibility index (Phi) is 6.19. The highest BCUT2D eigenvalue weighted by Crippen LogP contribution is 2.26. The van der Waals surface area contributed by atoms with Crippen LogP contribution in [0.4, 0.5) is 5.69 Å². The quantitative estimate of drug-likeness (QED) is 0.633. The minimum absolute atomic E-state index is 0.308. The zero-order chi connectivity index (χ0) is 13.5. The van der Waals surface area contributed by atoms with Gasteiger partial charge in [-0.3, -0.25) is 0 Å². The molecular formula is C14H20BrNO2. The van der Waals surface area contributed by atoms with E-state index in [1.165, 1.54) is 20.0 Å². The number of anilines is 1. The van der Waals surface area contributed by atoms with Crippen molar-refractivity contribution in [2.45, 2.75) is 33.1 Å². The second-order valence-electron chi connectivity index (χ2n) is 4.27. The molecule has 0 bridgehead atoms. The molecular weight excluding hydrogens is 294 g/mol. The van der Waals surface area contributed by atoms with Gasteiger partial charge in [0, 0.05) is 11.0 Å². The van der Waals surface area contributed by atoms with Crippen molar-refractivity contribution in [1.82, 2.24) is 0 Å². The van der Waals surface area contributed by atoms with Crippen LogP contribution < -0.4 is 5.32 Å². The van der Waals surface area contributed by atoms with Crippen LogP contribution in [0.15, 0.2) is 16.6 Å². The second-order valence-corrected chi connectivity index (χ2v) is 5.19. The lowest BCUT2D eigenvalue weighted by Crippen LogP contribution is -2.11. The number of aryl methyl sites for hydroxylation is 1. The first-order chi connectivity index (χ1) is 8.60. The Morgan fingerprint density at radius 3 is 2.72 bits per heavy atom. The van der Waals surface area contributed by atoms with Crippen LogP contribution in [0, 0.1) is 6.92 Å². The third-order valence-electron chi connectivity index (χ3n) is 2.79. The topological polar surface area (TPSA) is 38.3 Å². The van der Waals surface area contributed by atoms with E-state index in [1.807, 2.05) is 13.0 Å². The van der Waals surface area contributed by atoms with Gasteiger partial charge in [-0.1, -0.05) is 35.7 Å². The van der Waals surface area contributed by atoms with Gasteiger partial charge in [0.25, 0.3) is 0 Å². The molecule has 1 aromatic rings. The number of unbranched alkanes of at least 4 members (excludes halogenated alkanes) is 2. The van der Waals surface area contributed by atoms with Crippen LogP contribution in [0.2, 0.25) is 0 Å². The fourth-order valence-electron chi connectivity index (χ4n) is 1.84. The number of carbonyl (C=O) groups excluding carboxylic acids is 1. The maximum Gasteiger partial charge on any atom is 0.340 e. The number of benzene rings is 1. The van der Waals surface area contributed by atoms with E-state index in [0.717, 1.165) is 28.7 Å². The zero-order valence-electron chi connectivity index (χ0n) is 11.2. The summed E-state index contributed by atoms with van der Waals surface area (Å²) in [4.78, 5) is 11.7. The van der Waals surface area contributed by atoms with E-state index in [4.69, 9.17) is 4.74 Å². The largest absolute Gasteiger partial charge is 0.465 e. The first-order valence-electron chi connectivity index (χ1n) is 6.22. The van der Waals surface area contributed by atoms with Crippen molar-refractivity contribution in [3.8, 4) is 0 Å². The van der Waals surface area contributed by atoms with Gasteiger partial charge in [0.05, 0.1) is 18.4 Å². The van der Waals surface area contributed by atoms with E-state index >= 15 is 0 Å². The maximum absolute atomic E-state index is 11.7. The lowest BCUT2D eigenvalue weighted by Gasteiger charge is -2.14. The minimum Gasteiger partial charge on any atom is -0.465 e. The van der Waals surface area contributed by atoms with Crippen LogP contribution in [0.3, 0.4) is 0 Å². The van der Waals surface area contributed by atoms with E-state index in [2.05, 4.69) is 28.2 Å². The second kappa shape index (κ2) is 7.41. The highest BCUT2D eigenvalue weighted by Gasteiger charge is 2.14. The summed E-state index contributed by atoms with van der Waals surface area (Å²) >= 11 is 3.40. The van der Waals surface area contributed by atoms with Gasteiger partial charge in [0.1, 0.15) is 0 Å². The summed E-state index contributed by atoms with van der Waals surface area (Å²) in [6.45, 7) is 5.03. The number of nitrogens with one attached hydrogen (secondary N) is 1. The molecule has 0 spiro atoms. The molecule has 0 saturated heterocycles. The summed E-state index contributed by atoms with van der Waals surface area (Å²) < 4.78 is 5.70. The number of hydrogen-bond donors (Lipinski definition) is 1. The van der Waals surface area contributed by atoms with Gasteiger partial charge in [-0.2, -0.15) is 0 Å². The van der Waals surface area contributed by atoms with Gasteiger partial charge in [0.2, 0.25) is 0 Å². The normalized spacial score (nSPS) is 10.2. The summed E-state index contributed by atoms with van der Waals surface area (Å²) in [5.41, 5.74) is 2.50. The Morgan fingerprint density at radius 1 is 1.39 bits per heavy atom. The fraction of sp³-hybridized carbons (Fsp3) is 0.500. The lowest BCUT2D eigenvalue weighted by molar-refractivity contribution is 0.0601. The van der Waals surface area contributed by atoms with E-state index < -0.39 is 0 Å². The van der Waals surface area contributed by atoms with Crippen LogP contribution in [-0.2, 0) is 4.74 Å². The van der Waals surface area contributed by atoms with E-state index in [0.29, 0.717) is 5.56 Å². The van der Waals surface area contributed by atoms with Gasteiger partial charge in [-0.25, -0.2) is 4.79 Å². The van der Waals surface area contributed by atoms with Crippen LogP contribution in [0.1, 0.15) is 42.1 Å². The van der Waals surface area contributed by atoms with Crippen LogP contribution in [0.25, 0.3) is 0 Å². The number of methoxy groups -OCH3 is 1. The molecule has 0 aliphatic rings. The van der Waals surface area contributed by atoms with Gasteiger partial charge < -0.3 is 10.1 Å². The summed E-state index contributed by atoms with van der Waals surface area (Å²) in [6.07, 6.45) is 3.48. The lowest BCUT2D eigenvalue weighted by atomic mass is 10.1. The minimum atomic E-state index is -0.308. The molecule has 0 aromatic heterocycles. The monoisotopic (exact) mass is 313 g/mol. The Balaban J connectivity index is 2.90. The Hall–Kier alpha value is -1.03. The van der Waals surface area contributed by atoms with Gasteiger partial charge in [-0.15, -0.1) is 0 Å². The molecule has 0 aliphatic carbocycles.